The lowest BCUT2D eigenvalue weighted by molar-refractivity contribution is -0.139. The first-order valence-electron chi connectivity index (χ1n) is 9.79. The van der Waals surface area contributed by atoms with E-state index < -0.39 is 11.8 Å². The van der Waals surface area contributed by atoms with Gasteiger partial charge in [-0.3, -0.25) is 4.79 Å². The number of rotatable bonds is 5. The molecule has 8 nitrogen and oxygen atoms in total. The van der Waals surface area contributed by atoms with E-state index in [-0.39, 0.29) is 36.0 Å². The second-order valence-electron chi connectivity index (χ2n) is 7.16. The van der Waals surface area contributed by atoms with E-state index in [1.165, 1.54) is 0 Å². The summed E-state index contributed by atoms with van der Waals surface area (Å²) in [6, 6.07) is 3.71. The van der Waals surface area contributed by atoms with Gasteiger partial charge in [0.25, 0.3) is 0 Å². The van der Waals surface area contributed by atoms with Crippen LogP contribution in [-0.2, 0) is 19.1 Å². The third kappa shape index (κ3) is 3.88. The average molecular weight is 397 g/mol. The number of esters is 1. The van der Waals surface area contributed by atoms with Gasteiger partial charge >= 0.3 is 5.97 Å². The second-order valence-corrected chi connectivity index (χ2v) is 7.16. The molecule has 0 unspecified atom stereocenters. The van der Waals surface area contributed by atoms with Gasteiger partial charge in [-0.25, -0.2) is 9.78 Å². The van der Waals surface area contributed by atoms with Crippen LogP contribution >= 0.6 is 0 Å². The van der Waals surface area contributed by atoms with Gasteiger partial charge in [0.05, 0.1) is 12.7 Å². The predicted molar refractivity (Wildman–Crippen MR) is 105 cm³/mol. The number of aromatic nitrogens is 2. The van der Waals surface area contributed by atoms with Crippen LogP contribution in [0.5, 0.6) is 0 Å². The maximum Gasteiger partial charge on any atom is 0.347 e. The van der Waals surface area contributed by atoms with Crippen molar-refractivity contribution in [1.29, 1.82) is 0 Å². The van der Waals surface area contributed by atoms with Gasteiger partial charge < -0.3 is 24.9 Å². The number of aromatic amines is 1. The van der Waals surface area contributed by atoms with Gasteiger partial charge in [-0.15, -0.1) is 0 Å². The molecule has 0 amide bonds. The monoisotopic (exact) mass is 397 g/mol. The number of pyridine rings is 1. The SMILES string of the molecule is CCOC(=O)C1=C(N[C@H]2CC[C@H](O)CC2)O/C(=C\c2c[nH]c3ncccc23)C1=O. The van der Waals surface area contributed by atoms with Crippen molar-refractivity contribution in [2.45, 2.75) is 44.8 Å². The van der Waals surface area contributed by atoms with Gasteiger partial charge in [0.1, 0.15) is 5.65 Å². The normalized spacial score (nSPS) is 23.5. The summed E-state index contributed by atoms with van der Waals surface area (Å²) >= 11 is 0. The molecule has 0 radical (unpaired) electrons. The van der Waals surface area contributed by atoms with Crippen LogP contribution in [0.3, 0.4) is 0 Å². The Morgan fingerprint density at radius 1 is 1.41 bits per heavy atom. The van der Waals surface area contributed by atoms with Gasteiger partial charge in [-0.1, -0.05) is 0 Å². The van der Waals surface area contributed by atoms with E-state index in [9.17, 15) is 14.7 Å². The van der Waals surface area contributed by atoms with Crippen LogP contribution in [0.2, 0.25) is 0 Å². The predicted octanol–water partition coefficient (Wildman–Crippen LogP) is 2.17. The minimum Gasteiger partial charge on any atom is -0.462 e. The fourth-order valence-electron chi connectivity index (χ4n) is 3.66. The number of ether oxygens (including phenoxy) is 2. The molecule has 4 rings (SSSR count). The Kier molecular flexibility index (Phi) is 5.35. The van der Waals surface area contributed by atoms with E-state index in [2.05, 4.69) is 15.3 Å². The molecule has 2 aromatic rings. The molecule has 0 atom stereocenters. The van der Waals surface area contributed by atoms with E-state index in [1.54, 1.807) is 25.4 Å². The summed E-state index contributed by atoms with van der Waals surface area (Å²) < 4.78 is 10.9. The Morgan fingerprint density at radius 2 is 2.21 bits per heavy atom. The zero-order valence-corrected chi connectivity index (χ0v) is 16.1. The highest BCUT2D eigenvalue weighted by Crippen LogP contribution is 2.30. The molecule has 1 fully saturated rings. The van der Waals surface area contributed by atoms with E-state index in [0.29, 0.717) is 18.5 Å². The Morgan fingerprint density at radius 3 is 2.97 bits per heavy atom. The Bertz CT molecular complexity index is 999. The number of nitrogens with zero attached hydrogens (tertiary/aromatic N) is 1. The van der Waals surface area contributed by atoms with E-state index in [1.807, 2.05) is 12.1 Å². The van der Waals surface area contributed by atoms with Crippen LogP contribution in [0.25, 0.3) is 17.1 Å². The molecule has 8 heteroatoms. The van der Waals surface area contributed by atoms with Crippen molar-refractivity contribution in [3.8, 4) is 0 Å². The molecule has 3 heterocycles. The first-order valence-corrected chi connectivity index (χ1v) is 9.79. The standard InChI is InChI=1S/C21H23N3O5/c1-2-28-21(27)17-18(26)16(10-12-11-23-19-15(12)4-3-9-22-19)29-20(17)24-13-5-7-14(25)8-6-13/h3-4,9-11,13-14,24-25H,2,5-8H2,1H3,(H,22,23)/b16-10-/t13-,14-. The smallest absolute Gasteiger partial charge is 0.347 e. The third-order valence-electron chi connectivity index (χ3n) is 5.17. The van der Waals surface area contributed by atoms with Crippen LogP contribution in [-0.4, -0.2) is 45.6 Å². The number of carbonyl (C=O) groups excluding carboxylic acids is 2. The number of carbonyl (C=O) groups is 2. The van der Waals surface area contributed by atoms with Crippen molar-refractivity contribution in [3.63, 3.8) is 0 Å². The van der Waals surface area contributed by atoms with Gasteiger partial charge in [-0.05, 0) is 50.8 Å². The second kappa shape index (κ2) is 8.08. The first kappa shape index (κ1) is 19.2. The molecule has 1 aliphatic heterocycles. The number of fused-ring (bicyclic) bond motifs is 1. The molecule has 3 N–H and O–H groups in total. The maximum atomic E-state index is 12.9. The van der Waals surface area contributed by atoms with Crippen molar-refractivity contribution in [3.05, 3.63) is 47.3 Å². The molecule has 0 spiro atoms. The molecular formula is C21H23N3O5. The van der Waals surface area contributed by atoms with Crippen LogP contribution in [0.15, 0.2) is 41.7 Å². The summed E-state index contributed by atoms with van der Waals surface area (Å²) in [7, 11) is 0. The average Bonchev–Trinajstić information content (AvgIpc) is 3.25. The number of aliphatic hydroxyl groups excluding tert-OH is 1. The molecular weight excluding hydrogens is 374 g/mol. The Labute approximate surface area is 167 Å². The minimum atomic E-state index is -0.708. The van der Waals surface area contributed by atoms with Gasteiger partial charge in [0, 0.05) is 29.4 Å². The first-order chi connectivity index (χ1) is 14.1. The van der Waals surface area contributed by atoms with E-state index >= 15 is 0 Å². The third-order valence-corrected chi connectivity index (χ3v) is 5.17. The van der Waals surface area contributed by atoms with Crippen molar-refractivity contribution < 1.29 is 24.2 Å². The molecule has 1 saturated carbocycles. The largest absolute Gasteiger partial charge is 0.462 e. The topological polar surface area (TPSA) is 114 Å². The zero-order valence-electron chi connectivity index (χ0n) is 16.1. The van der Waals surface area contributed by atoms with Crippen LogP contribution in [0, 0.1) is 0 Å². The lowest BCUT2D eigenvalue weighted by Crippen LogP contribution is -2.35. The number of hydrogen-bond acceptors (Lipinski definition) is 7. The van der Waals surface area contributed by atoms with Gasteiger partial charge in [0.2, 0.25) is 11.7 Å². The summed E-state index contributed by atoms with van der Waals surface area (Å²) in [6.07, 6.45) is 7.49. The molecule has 0 bridgehead atoms. The highest BCUT2D eigenvalue weighted by molar-refractivity contribution is 6.26. The number of allylic oxidation sites excluding steroid dienone is 1. The highest BCUT2D eigenvalue weighted by Gasteiger charge is 2.38. The van der Waals surface area contributed by atoms with Crippen LogP contribution in [0.1, 0.15) is 38.2 Å². The molecule has 0 aromatic carbocycles. The van der Waals surface area contributed by atoms with Gasteiger partial charge in [-0.2, -0.15) is 0 Å². The summed E-state index contributed by atoms with van der Waals surface area (Å²) in [6.45, 7) is 1.84. The van der Waals surface area contributed by atoms with Crippen LogP contribution in [0.4, 0.5) is 0 Å². The van der Waals surface area contributed by atoms with Crippen molar-refractivity contribution in [2.75, 3.05) is 6.61 Å². The number of ketones is 1. The van der Waals surface area contributed by atoms with E-state index in [4.69, 9.17) is 9.47 Å². The highest BCUT2D eigenvalue weighted by atomic mass is 16.5. The van der Waals surface area contributed by atoms with Crippen molar-refractivity contribution in [1.82, 2.24) is 15.3 Å². The summed E-state index contributed by atoms with van der Waals surface area (Å²) in [5, 5.41) is 13.7. The molecule has 29 heavy (non-hydrogen) atoms. The molecule has 152 valence electrons. The zero-order chi connectivity index (χ0) is 20.4. The Hall–Kier alpha value is -3.13. The number of hydrogen-bond donors (Lipinski definition) is 3. The van der Waals surface area contributed by atoms with Gasteiger partial charge in [0.15, 0.2) is 11.3 Å². The number of nitrogens with one attached hydrogen (secondary N) is 2. The van der Waals surface area contributed by atoms with Crippen LogP contribution < -0.4 is 5.32 Å². The molecule has 2 aromatic heterocycles. The summed E-state index contributed by atoms with van der Waals surface area (Å²) in [4.78, 5) is 32.6. The summed E-state index contributed by atoms with van der Waals surface area (Å²) in [5.41, 5.74) is 1.31. The molecule has 0 saturated heterocycles. The quantitative estimate of drug-likeness (QED) is 0.402. The van der Waals surface area contributed by atoms with Crippen molar-refractivity contribution >= 4 is 28.9 Å². The lowest BCUT2D eigenvalue weighted by atomic mass is 9.93. The lowest BCUT2D eigenvalue weighted by Gasteiger charge is -2.27. The molecule has 2 aliphatic rings. The minimum absolute atomic E-state index is 0.0160. The van der Waals surface area contributed by atoms with Crippen molar-refractivity contribution in [2.24, 2.45) is 0 Å². The Balaban J connectivity index is 1.62. The van der Waals surface area contributed by atoms with E-state index in [0.717, 1.165) is 23.8 Å². The fourth-order valence-corrected chi connectivity index (χ4v) is 3.66. The number of H-pyrrole nitrogens is 1. The fraction of sp³-hybridized carbons (Fsp3) is 0.381. The maximum absolute atomic E-state index is 12.9. The summed E-state index contributed by atoms with van der Waals surface area (Å²) in [5.74, 6) is -1.05. The molecule has 1 aliphatic carbocycles. The number of Topliss-reactive ketones (excluding diaryl/α,β-unsaturated/α-hetero) is 1. The number of aliphatic hydroxyl groups is 1.